The molecule has 0 amide bonds. The number of hydrogen-bond donors (Lipinski definition) is 0. The second-order valence-electron chi connectivity index (χ2n) is 4.64. The second-order valence-corrected chi connectivity index (χ2v) is 7.43. The van der Waals surface area contributed by atoms with E-state index in [2.05, 4.69) is 25.1 Å². The Morgan fingerprint density at radius 2 is 2.06 bits per heavy atom. The molecule has 0 aromatic heterocycles. The molecule has 1 unspecified atom stereocenters. The zero-order valence-electron chi connectivity index (χ0n) is 11.0. The third-order valence-corrected chi connectivity index (χ3v) is 5.31. The van der Waals surface area contributed by atoms with Gasteiger partial charge in [0.1, 0.15) is 9.84 Å². The van der Waals surface area contributed by atoms with Gasteiger partial charge in [-0.05, 0) is 31.2 Å². The van der Waals surface area contributed by atoms with Crippen LogP contribution in [0.25, 0.3) is 0 Å². The molecule has 18 heavy (non-hydrogen) atoms. The summed E-state index contributed by atoms with van der Waals surface area (Å²) in [6.07, 6.45) is 1.51. The standard InChI is InChI=1S/C14H21ClO2S/c1-3-18(16,17)9-5-8-14(11-15)13-7-4-6-12(2)10-13/h4,6-7,10,14H,3,5,8-9,11H2,1-2H3. The van der Waals surface area contributed by atoms with E-state index in [1.165, 1.54) is 11.1 Å². The van der Waals surface area contributed by atoms with Gasteiger partial charge in [-0.25, -0.2) is 8.42 Å². The molecule has 102 valence electrons. The van der Waals surface area contributed by atoms with Gasteiger partial charge in [0.2, 0.25) is 0 Å². The van der Waals surface area contributed by atoms with Crippen LogP contribution in [0.15, 0.2) is 24.3 Å². The first-order valence-electron chi connectivity index (χ1n) is 6.31. The Balaban J connectivity index is 2.58. The van der Waals surface area contributed by atoms with E-state index in [1.54, 1.807) is 6.92 Å². The van der Waals surface area contributed by atoms with Gasteiger partial charge in [-0.3, -0.25) is 0 Å². The van der Waals surface area contributed by atoms with Crippen LogP contribution in [0.4, 0.5) is 0 Å². The molecule has 0 heterocycles. The quantitative estimate of drug-likeness (QED) is 0.719. The van der Waals surface area contributed by atoms with Gasteiger partial charge in [-0.1, -0.05) is 36.8 Å². The lowest BCUT2D eigenvalue weighted by Crippen LogP contribution is -2.10. The average Bonchev–Trinajstić information content (AvgIpc) is 2.34. The van der Waals surface area contributed by atoms with Gasteiger partial charge in [0.05, 0.1) is 5.75 Å². The lowest BCUT2D eigenvalue weighted by atomic mass is 9.95. The molecular formula is C14H21ClO2S. The monoisotopic (exact) mass is 288 g/mol. The van der Waals surface area contributed by atoms with Crippen molar-refractivity contribution in [2.24, 2.45) is 0 Å². The van der Waals surface area contributed by atoms with E-state index in [9.17, 15) is 8.42 Å². The normalized spacial score (nSPS) is 13.5. The molecule has 0 aliphatic heterocycles. The minimum absolute atomic E-state index is 0.225. The highest BCUT2D eigenvalue weighted by Crippen LogP contribution is 2.23. The molecule has 0 aliphatic rings. The van der Waals surface area contributed by atoms with Crippen LogP contribution in [0.1, 0.15) is 36.8 Å². The van der Waals surface area contributed by atoms with Gasteiger partial charge in [-0.15, -0.1) is 11.6 Å². The number of aryl methyl sites for hydroxylation is 1. The zero-order valence-corrected chi connectivity index (χ0v) is 12.6. The van der Waals surface area contributed by atoms with Crippen LogP contribution in [0.2, 0.25) is 0 Å². The van der Waals surface area contributed by atoms with Crippen molar-refractivity contribution in [1.82, 2.24) is 0 Å². The SMILES string of the molecule is CCS(=O)(=O)CCCC(CCl)c1cccc(C)c1. The van der Waals surface area contributed by atoms with Crippen LogP contribution in [0.3, 0.4) is 0 Å². The van der Waals surface area contributed by atoms with Crippen LogP contribution < -0.4 is 0 Å². The minimum Gasteiger partial charge on any atom is -0.229 e. The molecule has 4 heteroatoms. The Bertz CT molecular complexity index is 468. The van der Waals surface area contributed by atoms with E-state index in [-0.39, 0.29) is 17.4 Å². The third kappa shape index (κ3) is 4.99. The number of alkyl halides is 1. The fourth-order valence-corrected chi connectivity index (χ4v) is 3.18. The Hall–Kier alpha value is -0.540. The zero-order chi connectivity index (χ0) is 13.6. The number of rotatable bonds is 7. The molecular weight excluding hydrogens is 268 g/mol. The first-order chi connectivity index (χ1) is 8.48. The summed E-state index contributed by atoms with van der Waals surface area (Å²) in [6.45, 7) is 3.74. The maximum atomic E-state index is 11.4. The van der Waals surface area contributed by atoms with Crippen LogP contribution in [-0.2, 0) is 9.84 Å². The van der Waals surface area contributed by atoms with Crippen molar-refractivity contribution in [2.75, 3.05) is 17.4 Å². The largest absolute Gasteiger partial charge is 0.229 e. The van der Waals surface area contributed by atoms with Crippen LogP contribution in [0, 0.1) is 6.92 Å². The maximum Gasteiger partial charge on any atom is 0.150 e. The molecule has 2 nitrogen and oxygen atoms in total. The van der Waals surface area contributed by atoms with Gasteiger partial charge in [0, 0.05) is 11.6 Å². The summed E-state index contributed by atoms with van der Waals surface area (Å²) in [5, 5.41) is 0. The van der Waals surface area contributed by atoms with E-state index in [0.29, 0.717) is 12.3 Å². The molecule has 0 N–H and O–H groups in total. The molecule has 0 saturated heterocycles. The Morgan fingerprint density at radius 3 is 2.61 bits per heavy atom. The predicted octanol–water partition coefficient (Wildman–Crippen LogP) is 3.53. The number of hydrogen-bond acceptors (Lipinski definition) is 2. The van der Waals surface area contributed by atoms with Gasteiger partial charge in [-0.2, -0.15) is 0 Å². The summed E-state index contributed by atoms with van der Waals surface area (Å²) in [7, 11) is -2.86. The van der Waals surface area contributed by atoms with Gasteiger partial charge in [0.25, 0.3) is 0 Å². The molecule has 0 fully saturated rings. The number of benzene rings is 1. The van der Waals surface area contributed by atoms with E-state index in [0.717, 1.165) is 6.42 Å². The van der Waals surface area contributed by atoms with Gasteiger partial charge < -0.3 is 0 Å². The minimum atomic E-state index is -2.86. The van der Waals surface area contributed by atoms with Crippen LogP contribution in [0.5, 0.6) is 0 Å². The lowest BCUT2D eigenvalue weighted by molar-refractivity contribution is 0.587. The molecule has 0 saturated carbocycles. The smallest absolute Gasteiger partial charge is 0.150 e. The van der Waals surface area contributed by atoms with Crippen molar-refractivity contribution in [3.63, 3.8) is 0 Å². The Morgan fingerprint density at radius 1 is 1.33 bits per heavy atom. The fraction of sp³-hybridized carbons (Fsp3) is 0.571. The van der Waals surface area contributed by atoms with Gasteiger partial charge >= 0.3 is 0 Å². The second kappa shape index (κ2) is 7.15. The van der Waals surface area contributed by atoms with E-state index < -0.39 is 9.84 Å². The molecule has 0 spiro atoms. The lowest BCUT2D eigenvalue weighted by Gasteiger charge is -2.14. The first kappa shape index (κ1) is 15.5. The van der Waals surface area contributed by atoms with Crippen LogP contribution >= 0.6 is 11.6 Å². The van der Waals surface area contributed by atoms with E-state index in [4.69, 9.17) is 11.6 Å². The molecule has 1 aromatic rings. The topological polar surface area (TPSA) is 34.1 Å². The summed E-state index contributed by atoms with van der Waals surface area (Å²) >= 11 is 5.99. The summed E-state index contributed by atoms with van der Waals surface area (Å²) < 4.78 is 22.9. The Labute approximate surface area is 115 Å². The molecule has 0 aliphatic carbocycles. The van der Waals surface area contributed by atoms with Gasteiger partial charge in [0.15, 0.2) is 0 Å². The first-order valence-corrected chi connectivity index (χ1v) is 8.67. The molecule has 1 aromatic carbocycles. The average molecular weight is 289 g/mol. The summed E-state index contributed by atoms with van der Waals surface area (Å²) in [5.74, 6) is 1.28. The highest BCUT2D eigenvalue weighted by Gasteiger charge is 2.13. The third-order valence-electron chi connectivity index (χ3n) is 3.15. The molecule has 0 bridgehead atoms. The van der Waals surface area contributed by atoms with Crippen molar-refractivity contribution in [3.8, 4) is 0 Å². The summed E-state index contributed by atoms with van der Waals surface area (Å²) in [6, 6.07) is 8.26. The fourth-order valence-electron chi connectivity index (χ4n) is 1.95. The van der Waals surface area contributed by atoms with Crippen molar-refractivity contribution in [3.05, 3.63) is 35.4 Å². The highest BCUT2D eigenvalue weighted by atomic mass is 35.5. The molecule has 1 atom stereocenters. The van der Waals surface area contributed by atoms with E-state index in [1.807, 2.05) is 6.07 Å². The Kier molecular flexibility index (Phi) is 6.16. The van der Waals surface area contributed by atoms with Crippen LogP contribution in [-0.4, -0.2) is 25.8 Å². The summed E-state index contributed by atoms with van der Waals surface area (Å²) in [4.78, 5) is 0. The number of sulfone groups is 1. The van der Waals surface area contributed by atoms with Crippen molar-refractivity contribution in [2.45, 2.75) is 32.6 Å². The van der Waals surface area contributed by atoms with Crippen molar-refractivity contribution < 1.29 is 8.42 Å². The van der Waals surface area contributed by atoms with Crippen molar-refractivity contribution in [1.29, 1.82) is 0 Å². The summed E-state index contributed by atoms with van der Waals surface area (Å²) in [5.41, 5.74) is 2.42. The van der Waals surface area contributed by atoms with E-state index >= 15 is 0 Å². The van der Waals surface area contributed by atoms with Crippen molar-refractivity contribution >= 4 is 21.4 Å². The number of halogens is 1. The molecule has 1 rings (SSSR count). The predicted molar refractivity (Wildman–Crippen MR) is 78.2 cm³/mol. The maximum absolute atomic E-state index is 11.4. The molecule has 0 radical (unpaired) electrons. The highest BCUT2D eigenvalue weighted by molar-refractivity contribution is 7.91.